The van der Waals surface area contributed by atoms with Crippen molar-refractivity contribution in [3.05, 3.63) is 0 Å². The van der Waals surface area contributed by atoms with Crippen molar-refractivity contribution in [2.45, 2.75) is 65.0 Å². The molecule has 4 atom stereocenters. The molecule has 0 amide bonds. The molecule has 0 radical (unpaired) electrons. The minimum Gasteiger partial charge on any atom is -0.383 e. The Morgan fingerprint density at radius 1 is 1.30 bits per heavy atom. The first-order valence-corrected chi connectivity index (χ1v) is 8.54. The average Bonchev–Trinajstić information content (AvgIpc) is 2.42. The van der Waals surface area contributed by atoms with Crippen LogP contribution in [0, 0.1) is 11.8 Å². The van der Waals surface area contributed by atoms with E-state index in [-0.39, 0.29) is 0 Å². The molecule has 1 fully saturated rings. The molecule has 0 aromatic heterocycles. The first-order valence-electron chi connectivity index (χ1n) is 8.54. The fraction of sp³-hybridized carbons (Fsp3) is 1.00. The van der Waals surface area contributed by atoms with E-state index in [1.165, 1.54) is 38.6 Å². The zero-order chi connectivity index (χ0) is 15.0. The highest BCUT2D eigenvalue weighted by atomic mass is 16.5. The second-order valence-corrected chi connectivity index (χ2v) is 6.64. The molecule has 0 heterocycles. The van der Waals surface area contributed by atoms with Crippen molar-refractivity contribution in [3.8, 4) is 0 Å². The molecule has 1 saturated carbocycles. The summed E-state index contributed by atoms with van der Waals surface area (Å²) in [5.74, 6) is 1.75. The minimum atomic E-state index is 0.508. The fourth-order valence-electron chi connectivity index (χ4n) is 3.68. The topological polar surface area (TPSA) is 24.5 Å². The molecule has 0 aromatic carbocycles. The van der Waals surface area contributed by atoms with Crippen molar-refractivity contribution in [3.63, 3.8) is 0 Å². The normalized spacial score (nSPS) is 28.8. The van der Waals surface area contributed by atoms with Crippen LogP contribution in [0.3, 0.4) is 0 Å². The predicted octanol–water partition coefficient (Wildman–Crippen LogP) is 3.15. The van der Waals surface area contributed by atoms with E-state index in [9.17, 15) is 0 Å². The number of methoxy groups -OCH3 is 1. The average molecular weight is 284 g/mol. The number of hydrogen-bond donors (Lipinski definition) is 1. The summed E-state index contributed by atoms with van der Waals surface area (Å²) in [5.41, 5.74) is 0. The summed E-state index contributed by atoms with van der Waals surface area (Å²) >= 11 is 0. The lowest BCUT2D eigenvalue weighted by molar-refractivity contribution is 0.0838. The van der Waals surface area contributed by atoms with E-state index in [0.29, 0.717) is 12.1 Å². The standard InChI is InChI=1S/C17H36N2O/c1-6-8-15-9-10-17(18-7-2)16(11-15)12-19(4)14(3)13-20-5/h14-18H,6-13H2,1-5H3. The van der Waals surface area contributed by atoms with Crippen molar-refractivity contribution in [2.75, 3.05) is 33.9 Å². The molecule has 1 rings (SSSR count). The lowest BCUT2D eigenvalue weighted by Crippen LogP contribution is -2.47. The molecule has 0 spiro atoms. The van der Waals surface area contributed by atoms with Crippen molar-refractivity contribution < 1.29 is 4.74 Å². The number of nitrogens with zero attached hydrogens (tertiary/aromatic N) is 1. The Hall–Kier alpha value is -0.120. The fourth-order valence-corrected chi connectivity index (χ4v) is 3.68. The van der Waals surface area contributed by atoms with Gasteiger partial charge in [0.2, 0.25) is 0 Å². The van der Waals surface area contributed by atoms with Crippen molar-refractivity contribution in [2.24, 2.45) is 11.8 Å². The second kappa shape index (κ2) is 9.75. The van der Waals surface area contributed by atoms with Gasteiger partial charge in [0.15, 0.2) is 0 Å². The van der Waals surface area contributed by atoms with E-state index in [0.717, 1.165) is 25.0 Å². The maximum atomic E-state index is 5.29. The SMILES string of the molecule is CCCC1CCC(NCC)C(CN(C)C(C)COC)C1. The Bertz CT molecular complexity index is 247. The van der Waals surface area contributed by atoms with E-state index >= 15 is 0 Å². The van der Waals surface area contributed by atoms with Gasteiger partial charge in [0.1, 0.15) is 0 Å². The van der Waals surface area contributed by atoms with Crippen LogP contribution in [0.4, 0.5) is 0 Å². The molecule has 0 aliphatic heterocycles. The number of nitrogens with one attached hydrogen (secondary N) is 1. The Labute approximate surface area is 126 Å². The maximum absolute atomic E-state index is 5.29. The van der Waals surface area contributed by atoms with Gasteiger partial charge in [-0.15, -0.1) is 0 Å². The Morgan fingerprint density at radius 2 is 2.05 bits per heavy atom. The molecule has 1 N–H and O–H groups in total. The molecule has 1 aliphatic rings. The summed E-state index contributed by atoms with van der Waals surface area (Å²) < 4.78 is 5.29. The van der Waals surface area contributed by atoms with Gasteiger partial charge in [-0.3, -0.25) is 0 Å². The summed E-state index contributed by atoms with van der Waals surface area (Å²) in [5, 5.41) is 3.72. The molecule has 3 heteroatoms. The van der Waals surface area contributed by atoms with Crippen LogP contribution < -0.4 is 5.32 Å². The second-order valence-electron chi connectivity index (χ2n) is 6.64. The van der Waals surface area contributed by atoms with Crippen LogP contribution in [0.2, 0.25) is 0 Å². The van der Waals surface area contributed by atoms with Crippen LogP contribution in [0.25, 0.3) is 0 Å². The summed E-state index contributed by atoms with van der Waals surface area (Å²) in [4.78, 5) is 2.48. The van der Waals surface area contributed by atoms with Gasteiger partial charge in [-0.25, -0.2) is 0 Å². The molecule has 0 aromatic rings. The van der Waals surface area contributed by atoms with Crippen LogP contribution in [0.15, 0.2) is 0 Å². The third-order valence-electron chi connectivity index (χ3n) is 4.94. The quantitative estimate of drug-likeness (QED) is 0.704. The molecular weight excluding hydrogens is 248 g/mol. The molecule has 0 saturated heterocycles. The largest absolute Gasteiger partial charge is 0.383 e. The summed E-state index contributed by atoms with van der Waals surface area (Å²) in [6.07, 6.45) is 6.91. The summed E-state index contributed by atoms with van der Waals surface area (Å²) in [7, 11) is 4.04. The lowest BCUT2D eigenvalue weighted by Gasteiger charge is -2.39. The third kappa shape index (κ3) is 5.71. The zero-order valence-corrected chi connectivity index (χ0v) is 14.3. The summed E-state index contributed by atoms with van der Waals surface area (Å²) in [6, 6.07) is 1.22. The van der Waals surface area contributed by atoms with Gasteiger partial charge in [0.25, 0.3) is 0 Å². The molecule has 20 heavy (non-hydrogen) atoms. The molecule has 3 nitrogen and oxygen atoms in total. The lowest BCUT2D eigenvalue weighted by atomic mass is 9.76. The number of hydrogen-bond acceptors (Lipinski definition) is 3. The van der Waals surface area contributed by atoms with Gasteiger partial charge in [-0.05, 0) is 51.6 Å². The van der Waals surface area contributed by atoms with E-state index in [2.05, 4.69) is 38.0 Å². The van der Waals surface area contributed by atoms with Gasteiger partial charge < -0.3 is 15.0 Å². The van der Waals surface area contributed by atoms with E-state index in [4.69, 9.17) is 4.74 Å². The monoisotopic (exact) mass is 284 g/mol. The molecular formula is C17H36N2O. The number of rotatable bonds is 9. The van der Waals surface area contributed by atoms with Crippen molar-refractivity contribution >= 4 is 0 Å². The van der Waals surface area contributed by atoms with Crippen molar-refractivity contribution in [1.29, 1.82) is 0 Å². The Kier molecular flexibility index (Phi) is 8.74. The molecule has 120 valence electrons. The predicted molar refractivity (Wildman–Crippen MR) is 87.2 cm³/mol. The van der Waals surface area contributed by atoms with Crippen LogP contribution in [-0.4, -0.2) is 50.8 Å². The third-order valence-corrected chi connectivity index (χ3v) is 4.94. The highest BCUT2D eigenvalue weighted by Crippen LogP contribution is 2.32. The molecule has 1 aliphatic carbocycles. The number of ether oxygens (including phenoxy) is 1. The first-order chi connectivity index (χ1) is 9.62. The zero-order valence-electron chi connectivity index (χ0n) is 14.3. The van der Waals surface area contributed by atoms with Crippen LogP contribution >= 0.6 is 0 Å². The van der Waals surface area contributed by atoms with Gasteiger partial charge >= 0.3 is 0 Å². The van der Waals surface area contributed by atoms with Gasteiger partial charge in [-0.1, -0.05) is 26.7 Å². The minimum absolute atomic E-state index is 0.508. The van der Waals surface area contributed by atoms with Gasteiger partial charge in [-0.2, -0.15) is 0 Å². The highest BCUT2D eigenvalue weighted by Gasteiger charge is 2.30. The Balaban J connectivity index is 2.54. The van der Waals surface area contributed by atoms with E-state index < -0.39 is 0 Å². The van der Waals surface area contributed by atoms with Crippen molar-refractivity contribution in [1.82, 2.24) is 10.2 Å². The Morgan fingerprint density at radius 3 is 2.65 bits per heavy atom. The maximum Gasteiger partial charge on any atom is 0.0615 e. The van der Waals surface area contributed by atoms with Crippen LogP contribution in [0.5, 0.6) is 0 Å². The molecule has 4 unspecified atom stereocenters. The van der Waals surface area contributed by atoms with E-state index in [1.54, 1.807) is 7.11 Å². The van der Waals surface area contributed by atoms with E-state index in [1.807, 2.05) is 0 Å². The number of likely N-dealkylation sites (N-methyl/N-ethyl adjacent to an activating group) is 1. The summed E-state index contributed by atoms with van der Waals surface area (Å²) in [6.45, 7) is 9.93. The smallest absolute Gasteiger partial charge is 0.0615 e. The van der Waals surface area contributed by atoms with Crippen LogP contribution in [-0.2, 0) is 4.74 Å². The van der Waals surface area contributed by atoms with Gasteiger partial charge in [0, 0.05) is 25.7 Å². The van der Waals surface area contributed by atoms with Crippen LogP contribution in [0.1, 0.15) is 52.9 Å². The van der Waals surface area contributed by atoms with Gasteiger partial charge in [0.05, 0.1) is 6.61 Å². The molecule has 0 bridgehead atoms. The highest BCUT2D eigenvalue weighted by molar-refractivity contribution is 4.86. The first kappa shape index (κ1) is 17.9.